The van der Waals surface area contributed by atoms with Crippen LogP contribution in [0.25, 0.3) is 0 Å². The monoisotopic (exact) mass is 481 g/mol. The van der Waals surface area contributed by atoms with Crippen molar-refractivity contribution in [2.75, 3.05) is 5.32 Å². The number of halogens is 3. The van der Waals surface area contributed by atoms with Gasteiger partial charge in [0, 0.05) is 29.7 Å². The van der Waals surface area contributed by atoms with E-state index in [1.807, 2.05) is 0 Å². The lowest BCUT2D eigenvalue weighted by molar-refractivity contribution is -0.385. The van der Waals surface area contributed by atoms with Gasteiger partial charge in [-0.3, -0.25) is 19.7 Å². The minimum absolute atomic E-state index is 0.167. The molecule has 0 saturated heterocycles. The molecule has 0 aliphatic heterocycles. The molecule has 2 bridgehead atoms. The predicted molar refractivity (Wildman–Crippen MR) is 110 cm³/mol. The summed E-state index contributed by atoms with van der Waals surface area (Å²) in [6.07, 6.45) is 0.587. The van der Waals surface area contributed by atoms with Crippen LogP contribution >= 0.6 is 11.6 Å². The Morgan fingerprint density at radius 3 is 2.76 bits per heavy atom. The third-order valence-corrected chi connectivity index (χ3v) is 6.33. The summed E-state index contributed by atoms with van der Waals surface area (Å²) >= 11 is 5.74. The number of nitro groups is 1. The highest BCUT2D eigenvalue weighted by molar-refractivity contribution is 6.28. The molecule has 1 aromatic heterocycles. The number of ether oxygens (including phenoxy) is 1. The van der Waals surface area contributed by atoms with Crippen LogP contribution in [0, 0.1) is 39.5 Å². The van der Waals surface area contributed by atoms with Crippen LogP contribution in [0.15, 0.2) is 24.4 Å². The maximum absolute atomic E-state index is 14.1. The zero-order chi connectivity index (χ0) is 23.9. The lowest BCUT2D eigenvalue weighted by atomic mass is 9.82. The van der Waals surface area contributed by atoms with Gasteiger partial charge in [-0.25, -0.2) is 13.8 Å². The number of carbonyl (C=O) groups excluding carboxylic acids is 2. The fourth-order valence-corrected chi connectivity index (χ4v) is 4.96. The molecule has 5 atom stereocenters. The minimum atomic E-state index is -0.780. The number of nitrogens with zero attached hydrogens (tertiary/aromatic N) is 3. The molecule has 1 amide bonds. The maximum Gasteiger partial charge on any atom is 0.310 e. The molecule has 4 rings (SSSR count). The van der Waals surface area contributed by atoms with Crippen LogP contribution in [-0.2, 0) is 20.7 Å². The van der Waals surface area contributed by atoms with Crippen LogP contribution < -0.4 is 11.1 Å². The molecule has 2 saturated carbocycles. The third-order valence-electron chi connectivity index (χ3n) is 6.15. The summed E-state index contributed by atoms with van der Waals surface area (Å²) in [5.74, 6) is -4.36. The average molecular weight is 482 g/mol. The SMILES string of the molecule is NC(=O)[C@H]1[C@H]2C[C@@H]([C@H]1Nc1nc(Cl)ncc1F)[C@H](OC(=O)Cc1cc([N+](=O)[O-])ccc1F)C2. The number of aromatic nitrogens is 2. The lowest BCUT2D eigenvalue weighted by Gasteiger charge is -2.34. The van der Waals surface area contributed by atoms with Gasteiger partial charge in [0.15, 0.2) is 11.6 Å². The van der Waals surface area contributed by atoms with Gasteiger partial charge in [-0.15, -0.1) is 0 Å². The molecule has 33 heavy (non-hydrogen) atoms. The van der Waals surface area contributed by atoms with Crippen molar-refractivity contribution < 1.29 is 28.0 Å². The van der Waals surface area contributed by atoms with E-state index in [0.717, 1.165) is 24.4 Å². The molecule has 174 valence electrons. The first-order valence-corrected chi connectivity index (χ1v) is 10.4. The number of nitrogens with one attached hydrogen (secondary N) is 1. The van der Waals surface area contributed by atoms with Crippen molar-refractivity contribution in [3.05, 3.63) is 57.0 Å². The average Bonchev–Trinajstić information content (AvgIpc) is 3.30. The predicted octanol–water partition coefficient (Wildman–Crippen LogP) is 2.39. The fraction of sp³-hybridized carbons (Fsp3) is 0.400. The first-order valence-electron chi connectivity index (χ1n) is 10.00. The maximum atomic E-state index is 14.1. The van der Waals surface area contributed by atoms with Gasteiger partial charge in [-0.05, 0) is 36.4 Å². The van der Waals surface area contributed by atoms with Gasteiger partial charge in [0.25, 0.3) is 5.69 Å². The van der Waals surface area contributed by atoms with Crippen molar-refractivity contribution in [1.29, 1.82) is 0 Å². The van der Waals surface area contributed by atoms with Crippen molar-refractivity contribution in [2.24, 2.45) is 23.5 Å². The number of non-ortho nitro benzene ring substituents is 1. The first-order chi connectivity index (χ1) is 15.6. The Morgan fingerprint density at radius 1 is 1.30 bits per heavy atom. The highest BCUT2D eigenvalue weighted by Gasteiger charge is 2.56. The van der Waals surface area contributed by atoms with E-state index in [9.17, 15) is 28.5 Å². The summed E-state index contributed by atoms with van der Waals surface area (Å²) in [7, 11) is 0. The van der Waals surface area contributed by atoms with Crippen LogP contribution in [0.5, 0.6) is 0 Å². The van der Waals surface area contributed by atoms with E-state index in [1.165, 1.54) is 0 Å². The number of anilines is 1. The molecule has 2 fully saturated rings. The minimum Gasteiger partial charge on any atom is -0.462 e. The number of esters is 1. The highest BCUT2D eigenvalue weighted by Crippen LogP contribution is 2.50. The van der Waals surface area contributed by atoms with Crippen molar-refractivity contribution in [3.8, 4) is 0 Å². The van der Waals surface area contributed by atoms with Gasteiger partial charge >= 0.3 is 5.97 Å². The Balaban J connectivity index is 1.49. The Morgan fingerprint density at radius 2 is 2.06 bits per heavy atom. The molecule has 2 aliphatic carbocycles. The number of carbonyl (C=O) groups is 2. The zero-order valence-corrected chi connectivity index (χ0v) is 17.7. The number of benzene rings is 1. The molecule has 10 nitrogen and oxygen atoms in total. The quantitative estimate of drug-likeness (QED) is 0.265. The number of hydrogen-bond acceptors (Lipinski definition) is 8. The molecular weight excluding hydrogens is 464 g/mol. The molecule has 0 unspecified atom stereocenters. The van der Waals surface area contributed by atoms with Gasteiger partial charge < -0.3 is 15.8 Å². The lowest BCUT2D eigenvalue weighted by Crippen LogP contribution is -2.47. The molecule has 1 heterocycles. The number of primary amides is 1. The summed E-state index contributed by atoms with van der Waals surface area (Å²) in [6, 6.07) is 2.22. The van der Waals surface area contributed by atoms with E-state index in [2.05, 4.69) is 15.3 Å². The molecule has 1 aromatic carbocycles. The molecule has 2 aromatic rings. The normalized spacial score (nSPS) is 25.6. The van der Waals surface area contributed by atoms with E-state index in [0.29, 0.717) is 12.8 Å². The summed E-state index contributed by atoms with van der Waals surface area (Å²) < 4.78 is 33.7. The molecule has 13 heteroatoms. The molecular formula is C20H18ClF2N5O5. The van der Waals surface area contributed by atoms with E-state index in [-0.39, 0.29) is 34.2 Å². The second-order valence-electron chi connectivity index (χ2n) is 8.07. The topological polar surface area (TPSA) is 150 Å². The van der Waals surface area contributed by atoms with Gasteiger partial charge in [-0.2, -0.15) is 4.98 Å². The van der Waals surface area contributed by atoms with Crippen LogP contribution in [-0.4, -0.2) is 38.9 Å². The van der Waals surface area contributed by atoms with Crippen LogP contribution in [0.2, 0.25) is 5.28 Å². The van der Waals surface area contributed by atoms with Crippen molar-refractivity contribution in [2.45, 2.75) is 31.4 Å². The molecule has 3 N–H and O–H groups in total. The summed E-state index contributed by atoms with van der Waals surface area (Å²) in [6.45, 7) is 0. The number of rotatable bonds is 7. The summed E-state index contributed by atoms with van der Waals surface area (Å²) in [5, 5.41) is 13.6. The fourth-order valence-electron chi connectivity index (χ4n) is 4.82. The van der Waals surface area contributed by atoms with Gasteiger partial charge in [0.05, 0.1) is 23.5 Å². The first kappa shape index (κ1) is 22.8. The smallest absolute Gasteiger partial charge is 0.310 e. The molecule has 2 aliphatic rings. The Hall–Kier alpha value is -3.41. The van der Waals surface area contributed by atoms with Crippen LogP contribution in [0.3, 0.4) is 0 Å². The zero-order valence-electron chi connectivity index (χ0n) is 16.9. The van der Waals surface area contributed by atoms with E-state index < -0.39 is 52.9 Å². The standard InChI is InChI=1S/C20H18ClF2N5O5/c21-20-25-7-13(23)19(27-20)26-17-11-4-9(16(17)18(24)30)5-14(11)33-15(29)6-8-3-10(28(31)32)1-2-12(8)22/h1-3,7,9,11,14,16-17H,4-6H2,(H2,24,30)(H,25,26,27)/t9-,11+,14+,16-,17+/m0/s1. The van der Waals surface area contributed by atoms with E-state index in [1.54, 1.807) is 0 Å². The second kappa shape index (κ2) is 8.85. The van der Waals surface area contributed by atoms with Gasteiger partial charge in [0.1, 0.15) is 11.9 Å². The number of hydrogen-bond donors (Lipinski definition) is 2. The third kappa shape index (κ3) is 4.56. The Bertz CT molecular complexity index is 1140. The summed E-state index contributed by atoms with van der Waals surface area (Å²) in [5.41, 5.74) is 5.05. The molecule has 0 spiro atoms. The van der Waals surface area contributed by atoms with Crippen molar-refractivity contribution >= 4 is 35.0 Å². The molecule has 0 radical (unpaired) electrons. The van der Waals surface area contributed by atoms with E-state index >= 15 is 0 Å². The largest absolute Gasteiger partial charge is 0.462 e. The highest BCUT2D eigenvalue weighted by atomic mass is 35.5. The Kier molecular flexibility index (Phi) is 6.11. The number of nitro benzene ring substituents is 1. The Labute approximate surface area is 190 Å². The van der Waals surface area contributed by atoms with E-state index in [4.69, 9.17) is 22.1 Å². The number of fused-ring (bicyclic) bond motifs is 2. The van der Waals surface area contributed by atoms with Crippen LogP contribution in [0.4, 0.5) is 20.3 Å². The summed E-state index contributed by atoms with van der Waals surface area (Å²) in [4.78, 5) is 42.1. The van der Waals surface area contributed by atoms with Gasteiger partial charge in [-0.1, -0.05) is 0 Å². The number of amides is 1. The van der Waals surface area contributed by atoms with Crippen LogP contribution in [0.1, 0.15) is 18.4 Å². The second-order valence-corrected chi connectivity index (χ2v) is 8.41. The number of nitrogens with two attached hydrogens (primary N) is 1. The van der Waals surface area contributed by atoms with Crippen molar-refractivity contribution in [3.63, 3.8) is 0 Å². The van der Waals surface area contributed by atoms with Crippen molar-refractivity contribution in [1.82, 2.24) is 9.97 Å². The van der Waals surface area contributed by atoms with Gasteiger partial charge in [0.2, 0.25) is 11.2 Å².